The van der Waals surface area contributed by atoms with Gasteiger partial charge >= 0.3 is 7.60 Å². The number of aliphatic hydroxyl groups is 2. The second kappa shape index (κ2) is 9.44. The molecule has 5 N–H and O–H groups in total. The molecule has 13 heteroatoms. The Hall–Kier alpha value is -2.63. The number of ether oxygens (including phenoxy) is 1. The van der Waals surface area contributed by atoms with Crippen molar-refractivity contribution >= 4 is 47.0 Å². The molecule has 1 fully saturated rings. The lowest BCUT2D eigenvalue weighted by Crippen LogP contribution is -2.31. The lowest BCUT2D eigenvalue weighted by Gasteiger charge is -2.17. The second-order valence-electron chi connectivity index (χ2n) is 8.42. The Labute approximate surface area is 204 Å². The minimum Gasteiger partial charge on any atom is -0.388 e. The number of rotatable bonds is 7. The minimum absolute atomic E-state index is 0.0497. The molecule has 0 aliphatic carbocycles. The molecule has 4 aromatic rings. The third-order valence-electron chi connectivity index (χ3n) is 5.98. The maximum atomic E-state index is 11.2. The lowest BCUT2D eigenvalue weighted by molar-refractivity contribution is -0.0355. The Bertz CT molecular complexity index is 1430. The van der Waals surface area contributed by atoms with E-state index in [-0.39, 0.29) is 17.4 Å². The first-order valence-corrected chi connectivity index (χ1v) is 13.0. The Morgan fingerprint density at radius 3 is 2.63 bits per heavy atom. The van der Waals surface area contributed by atoms with Gasteiger partial charge < -0.3 is 30.1 Å². The monoisotopic (exact) mass is 519 g/mol. The summed E-state index contributed by atoms with van der Waals surface area (Å²) in [4.78, 5) is 31.1. The summed E-state index contributed by atoms with van der Waals surface area (Å²) in [6.07, 6.45) is -3.96. The molecule has 4 atom stereocenters. The van der Waals surface area contributed by atoms with Crippen LogP contribution >= 0.6 is 19.2 Å². The van der Waals surface area contributed by atoms with E-state index in [0.717, 1.165) is 16.3 Å². The average molecular weight is 520 g/mol. The van der Waals surface area contributed by atoms with Gasteiger partial charge in [-0.05, 0) is 40.4 Å². The SMILES string of the molecule is O=P(O)(O)CC[C@H]1O[C@@H](n2cnc3c(NCc4ccc5ccccc5c4)nc(Cl)nc32)C(O)C1O. The highest BCUT2D eigenvalue weighted by molar-refractivity contribution is 7.51. The number of benzene rings is 2. The van der Waals surface area contributed by atoms with Crippen LogP contribution < -0.4 is 5.32 Å². The summed E-state index contributed by atoms with van der Waals surface area (Å²) in [5.41, 5.74) is 1.69. The summed E-state index contributed by atoms with van der Waals surface area (Å²) in [6, 6.07) is 14.2. The van der Waals surface area contributed by atoms with Gasteiger partial charge in [-0.15, -0.1) is 0 Å². The molecule has 2 aromatic heterocycles. The van der Waals surface area contributed by atoms with Crippen LogP contribution in [0, 0.1) is 0 Å². The number of anilines is 1. The average Bonchev–Trinajstić information content (AvgIpc) is 3.36. The molecule has 0 spiro atoms. The number of aromatic nitrogens is 4. The van der Waals surface area contributed by atoms with Gasteiger partial charge in [-0.25, -0.2) is 4.98 Å². The summed E-state index contributed by atoms with van der Waals surface area (Å²) in [5, 5.41) is 26.3. The number of halogens is 1. The molecule has 5 rings (SSSR count). The van der Waals surface area contributed by atoms with Gasteiger partial charge in [-0.3, -0.25) is 9.13 Å². The summed E-state index contributed by atoms with van der Waals surface area (Å²) in [6.45, 7) is 0.450. The van der Waals surface area contributed by atoms with E-state index in [1.165, 1.54) is 10.9 Å². The lowest BCUT2D eigenvalue weighted by atomic mass is 10.1. The summed E-state index contributed by atoms with van der Waals surface area (Å²) in [5.74, 6) is 0.387. The maximum absolute atomic E-state index is 11.2. The molecular formula is C22H23ClN5O6P. The highest BCUT2D eigenvalue weighted by Gasteiger charge is 2.44. The molecule has 35 heavy (non-hydrogen) atoms. The van der Waals surface area contributed by atoms with Crippen LogP contribution in [-0.4, -0.2) is 64.0 Å². The van der Waals surface area contributed by atoms with Crippen molar-refractivity contribution in [3.05, 3.63) is 59.6 Å². The largest absolute Gasteiger partial charge is 0.388 e. The van der Waals surface area contributed by atoms with Crippen LogP contribution in [0.25, 0.3) is 21.9 Å². The molecule has 0 amide bonds. The van der Waals surface area contributed by atoms with Crippen LogP contribution in [0.15, 0.2) is 48.8 Å². The van der Waals surface area contributed by atoms with Crippen LogP contribution in [0.1, 0.15) is 18.2 Å². The molecular weight excluding hydrogens is 497 g/mol. The zero-order valence-corrected chi connectivity index (χ0v) is 19.9. The van der Waals surface area contributed by atoms with E-state index in [2.05, 4.69) is 26.3 Å². The molecule has 2 aromatic carbocycles. The minimum atomic E-state index is -4.28. The predicted molar refractivity (Wildman–Crippen MR) is 129 cm³/mol. The van der Waals surface area contributed by atoms with Gasteiger partial charge in [0.15, 0.2) is 23.2 Å². The fourth-order valence-electron chi connectivity index (χ4n) is 4.23. The molecule has 184 valence electrons. The summed E-state index contributed by atoms with van der Waals surface area (Å²) >= 11 is 6.17. The molecule has 0 radical (unpaired) electrons. The standard InChI is InChI=1S/C22H23ClN5O6P/c23-22-26-19(24-10-12-5-6-13-3-1-2-4-14(13)9-12)16-20(27-22)28(11-25-16)21-18(30)17(29)15(34-21)7-8-35(31,32)33/h1-6,9,11,15,17-18,21,29-30H,7-8,10H2,(H,24,26,27)(H2,31,32,33)/t15-,17?,18?,21-/m1/s1. The van der Waals surface area contributed by atoms with Crippen molar-refractivity contribution in [3.8, 4) is 0 Å². The van der Waals surface area contributed by atoms with Gasteiger partial charge in [-0.1, -0.05) is 36.4 Å². The first-order valence-electron chi connectivity index (χ1n) is 10.9. The van der Waals surface area contributed by atoms with Crippen LogP contribution in [0.3, 0.4) is 0 Å². The molecule has 11 nitrogen and oxygen atoms in total. The van der Waals surface area contributed by atoms with Gasteiger partial charge in [0, 0.05) is 6.54 Å². The van der Waals surface area contributed by atoms with Crippen LogP contribution in [0.4, 0.5) is 5.82 Å². The zero-order valence-electron chi connectivity index (χ0n) is 18.3. The first kappa shape index (κ1) is 24.1. The third-order valence-corrected chi connectivity index (χ3v) is 6.99. The van der Waals surface area contributed by atoms with E-state index in [4.69, 9.17) is 26.1 Å². The molecule has 1 aliphatic rings. The van der Waals surface area contributed by atoms with Gasteiger partial charge in [0.2, 0.25) is 5.28 Å². The van der Waals surface area contributed by atoms with Crippen LogP contribution in [0.5, 0.6) is 0 Å². The third kappa shape index (κ3) is 5.03. The van der Waals surface area contributed by atoms with Crippen molar-refractivity contribution in [3.63, 3.8) is 0 Å². The number of hydrogen-bond donors (Lipinski definition) is 5. The van der Waals surface area contributed by atoms with Crippen LogP contribution in [-0.2, 0) is 15.8 Å². The fourth-order valence-corrected chi connectivity index (χ4v) is 4.98. The smallest absolute Gasteiger partial charge is 0.325 e. The van der Waals surface area contributed by atoms with Crippen molar-refractivity contribution in [1.29, 1.82) is 0 Å². The first-order chi connectivity index (χ1) is 16.7. The Balaban J connectivity index is 1.39. The molecule has 1 saturated heterocycles. The molecule has 1 aliphatic heterocycles. The van der Waals surface area contributed by atoms with Gasteiger partial charge in [0.1, 0.15) is 12.2 Å². The molecule has 0 bridgehead atoms. The van der Waals surface area contributed by atoms with E-state index in [1.54, 1.807) is 0 Å². The van der Waals surface area contributed by atoms with Gasteiger partial charge in [0.25, 0.3) is 0 Å². The normalized spacial score (nSPS) is 22.8. The molecule has 2 unspecified atom stereocenters. The number of imidazole rings is 1. The van der Waals surface area contributed by atoms with Crippen molar-refractivity contribution in [1.82, 2.24) is 19.5 Å². The topological polar surface area (TPSA) is 163 Å². The molecule has 3 heterocycles. The van der Waals surface area contributed by atoms with E-state index >= 15 is 0 Å². The van der Waals surface area contributed by atoms with E-state index in [1.807, 2.05) is 36.4 Å². The van der Waals surface area contributed by atoms with E-state index in [0.29, 0.717) is 17.9 Å². The molecule has 0 saturated carbocycles. The number of nitrogens with zero attached hydrogens (tertiary/aromatic N) is 4. The van der Waals surface area contributed by atoms with Crippen molar-refractivity contribution < 1.29 is 29.3 Å². The van der Waals surface area contributed by atoms with Gasteiger partial charge in [-0.2, -0.15) is 9.97 Å². The van der Waals surface area contributed by atoms with Crippen LogP contribution in [0.2, 0.25) is 5.28 Å². The fraction of sp³-hybridized carbons (Fsp3) is 0.318. The van der Waals surface area contributed by atoms with Crippen molar-refractivity contribution in [2.75, 3.05) is 11.5 Å². The predicted octanol–water partition coefficient (Wildman–Crippen LogP) is 2.43. The summed E-state index contributed by atoms with van der Waals surface area (Å²) in [7, 11) is -4.28. The Morgan fingerprint density at radius 1 is 1.09 bits per heavy atom. The summed E-state index contributed by atoms with van der Waals surface area (Å²) < 4.78 is 18.4. The highest BCUT2D eigenvalue weighted by Crippen LogP contribution is 2.39. The Kier molecular flexibility index (Phi) is 6.49. The Morgan fingerprint density at radius 2 is 1.86 bits per heavy atom. The number of hydrogen-bond acceptors (Lipinski definition) is 8. The number of nitrogens with one attached hydrogen (secondary N) is 1. The highest BCUT2D eigenvalue weighted by atomic mass is 35.5. The number of aliphatic hydroxyl groups excluding tert-OH is 2. The zero-order chi connectivity index (χ0) is 24.7. The van der Waals surface area contributed by atoms with Crippen molar-refractivity contribution in [2.24, 2.45) is 0 Å². The van der Waals surface area contributed by atoms with Crippen molar-refractivity contribution in [2.45, 2.75) is 37.5 Å². The number of fused-ring (bicyclic) bond motifs is 2. The van der Waals surface area contributed by atoms with Gasteiger partial charge in [0.05, 0.1) is 18.6 Å². The maximum Gasteiger partial charge on any atom is 0.325 e. The quantitative estimate of drug-likeness (QED) is 0.181. The van der Waals surface area contributed by atoms with E-state index in [9.17, 15) is 14.8 Å². The van der Waals surface area contributed by atoms with E-state index < -0.39 is 38.3 Å². The second-order valence-corrected chi connectivity index (χ2v) is 10.5.